The van der Waals surface area contributed by atoms with Crippen LogP contribution >= 0.6 is 0 Å². The molecule has 0 aromatic heterocycles. The van der Waals surface area contributed by atoms with Crippen molar-refractivity contribution in [1.82, 2.24) is 9.80 Å². The molecule has 2 amide bonds. The van der Waals surface area contributed by atoms with Gasteiger partial charge >= 0.3 is 0 Å². The summed E-state index contributed by atoms with van der Waals surface area (Å²) in [6.45, 7) is 2.87. The van der Waals surface area contributed by atoms with Crippen LogP contribution in [-0.4, -0.2) is 70.3 Å². The van der Waals surface area contributed by atoms with Gasteiger partial charge in [0, 0.05) is 31.6 Å². The first kappa shape index (κ1) is 30.6. The van der Waals surface area contributed by atoms with Gasteiger partial charge in [0.05, 0.1) is 31.2 Å². The van der Waals surface area contributed by atoms with Crippen LogP contribution in [0.4, 0.5) is 0 Å². The molecule has 3 saturated heterocycles. The number of hydrogen-bond donors (Lipinski definition) is 2. The van der Waals surface area contributed by atoms with Gasteiger partial charge in [-0.3, -0.25) is 19.4 Å². The molecule has 3 aromatic rings. The SMILES string of the molecule is O=C1[C@@H]2[C@@H](CC(CO)=C3[C@@H](CC/C(=C/c4ccc(O)cc4)c4ccccc4)OC[C@@H]32)C(=O)N1C1CCN(Cc2ccccc2)CC1. The molecule has 0 radical (unpaired) electrons. The molecule has 7 heteroatoms. The van der Waals surface area contributed by atoms with Crippen LogP contribution in [0.2, 0.25) is 0 Å². The van der Waals surface area contributed by atoms with Gasteiger partial charge < -0.3 is 14.9 Å². The highest BCUT2D eigenvalue weighted by Gasteiger charge is 2.58. The van der Waals surface area contributed by atoms with Gasteiger partial charge in [-0.1, -0.05) is 78.9 Å². The first-order valence-corrected chi connectivity index (χ1v) is 16.6. The quantitative estimate of drug-likeness (QED) is 0.182. The Labute approximate surface area is 270 Å². The van der Waals surface area contributed by atoms with Crippen molar-refractivity contribution in [2.45, 2.75) is 50.8 Å². The minimum atomic E-state index is -0.414. The molecule has 0 unspecified atom stereocenters. The summed E-state index contributed by atoms with van der Waals surface area (Å²) in [5.41, 5.74) is 6.46. The number of likely N-dealkylation sites (tertiary alicyclic amines) is 2. The standard InChI is InChI=1S/C39H42N2O5/c42-24-30-22-33-37(39(45)41(38(33)44)31-17-19-40(20-18-31)23-27-7-3-1-4-8-27)34-25-46-35(36(30)34)16-13-29(28-9-5-2-6-10-28)21-26-11-14-32(43)15-12-26/h1-12,14-15,21,31,33-35,37,42-43H,13,16-20,22-25H2/b29-21-/t33-,34+,35-,37-/m1/s1. The normalized spacial score (nSPS) is 25.7. The van der Waals surface area contributed by atoms with Crippen LogP contribution < -0.4 is 0 Å². The van der Waals surface area contributed by atoms with Gasteiger partial charge in [-0.15, -0.1) is 0 Å². The van der Waals surface area contributed by atoms with Gasteiger partial charge in [-0.2, -0.15) is 0 Å². The minimum absolute atomic E-state index is 0.0440. The third-order valence-electron chi connectivity index (χ3n) is 10.5. The Bertz CT molecular complexity index is 1610. The van der Waals surface area contributed by atoms with Gasteiger partial charge in [0.15, 0.2) is 0 Å². The number of hydrogen-bond acceptors (Lipinski definition) is 6. The highest BCUT2D eigenvalue weighted by molar-refractivity contribution is 6.06. The van der Waals surface area contributed by atoms with E-state index in [1.54, 1.807) is 17.0 Å². The molecule has 7 nitrogen and oxygen atoms in total. The first-order chi connectivity index (χ1) is 22.5. The second-order valence-electron chi connectivity index (χ2n) is 13.2. The zero-order valence-corrected chi connectivity index (χ0v) is 26.1. The maximum atomic E-state index is 14.1. The number of aliphatic hydroxyl groups excluding tert-OH is 1. The second-order valence-corrected chi connectivity index (χ2v) is 13.2. The van der Waals surface area contributed by atoms with E-state index in [2.05, 4.69) is 47.4 Å². The average Bonchev–Trinajstić information content (AvgIpc) is 3.62. The number of amides is 2. The zero-order valence-electron chi connectivity index (χ0n) is 26.1. The summed E-state index contributed by atoms with van der Waals surface area (Å²) in [7, 11) is 0. The number of fused-ring (bicyclic) bond motifs is 3. The summed E-state index contributed by atoms with van der Waals surface area (Å²) >= 11 is 0. The predicted octanol–water partition coefficient (Wildman–Crippen LogP) is 5.69. The highest BCUT2D eigenvalue weighted by Crippen LogP contribution is 2.50. The fourth-order valence-electron chi connectivity index (χ4n) is 8.19. The number of carbonyl (C=O) groups excluding carboxylic acids is 2. The van der Waals surface area contributed by atoms with Crippen molar-refractivity contribution in [1.29, 1.82) is 0 Å². The van der Waals surface area contributed by atoms with Gasteiger partial charge in [-0.05, 0) is 77.6 Å². The lowest BCUT2D eigenvalue weighted by Crippen LogP contribution is -2.47. The van der Waals surface area contributed by atoms with Crippen LogP contribution in [0.1, 0.15) is 48.8 Å². The summed E-state index contributed by atoms with van der Waals surface area (Å²) in [6.07, 6.45) is 5.37. The van der Waals surface area contributed by atoms with E-state index in [4.69, 9.17) is 4.74 Å². The molecule has 2 N–H and O–H groups in total. The maximum Gasteiger partial charge on any atom is 0.234 e. The topological polar surface area (TPSA) is 90.3 Å². The summed E-state index contributed by atoms with van der Waals surface area (Å²) in [5, 5.41) is 20.3. The Kier molecular flexibility index (Phi) is 8.89. The molecule has 238 valence electrons. The predicted molar refractivity (Wildman–Crippen MR) is 177 cm³/mol. The number of ether oxygens (including phenoxy) is 1. The third kappa shape index (κ3) is 6.07. The number of benzene rings is 3. The Morgan fingerprint density at radius 3 is 2.26 bits per heavy atom. The van der Waals surface area contributed by atoms with Gasteiger partial charge in [0.25, 0.3) is 0 Å². The van der Waals surface area contributed by atoms with E-state index in [9.17, 15) is 19.8 Å². The lowest BCUT2D eigenvalue weighted by atomic mass is 9.69. The van der Waals surface area contributed by atoms with E-state index in [0.29, 0.717) is 19.4 Å². The fourth-order valence-corrected chi connectivity index (χ4v) is 8.19. The van der Waals surface area contributed by atoms with Crippen LogP contribution in [0.25, 0.3) is 11.6 Å². The molecule has 4 atom stereocenters. The molecule has 0 spiro atoms. The van der Waals surface area contributed by atoms with E-state index in [1.165, 1.54) is 5.56 Å². The van der Waals surface area contributed by atoms with Crippen LogP contribution in [0.3, 0.4) is 0 Å². The molecular weight excluding hydrogens is 576 g/mol. The highest BCUT2D eigenvalue weighted by atomic mass is 16.5. The molecule has 3 fully saturated rings. The van der Waals surface area contributed by atoms with Crippen molar-refractivity contribution < 1.29 is 24.5 Å². The Balaban J connectivity index is 1.05. The Morgan fingerprint density at radius 2 is 1.57 bits per heavy atom. The van der Waals surface area contributed by atoms with Crippen molar-refractivity contribution in [2.24, 2.45) is 17.8 Å². The molecule has 3 heterocycles. The number of aliphatic hydroxyl groups is 1. The van der Waals surface area contributed by atoms with E-state index < -0.39 is 11.8 Å². The first-order valence-electron chi connectivity index (χ1n) is 16.6. The third-order valence-corrected chi connectivity index (χ3v) is 10.5. The average molecular weight is 619 g/mol. The molecule has 0 saturated carbocycles. The summed E-state index contributed by atoms with van der Waals surface area (Å²) < 4.78 is 6.41. The summed E-state index contributed by atoms with van der Waals surface area (Å²) in [5.74, 6) is -0.874. The monoisotopic (exact) mass is 618 g/mol. The number of nitrogens with zero attached hydrogens (tertiary/aromatic N) is 2. The number of aromatic hydroxyl groups is 1. The number of phenols is 1. The van der Waals surface area contributed by atoms with Crippen molar-refractivity contribution in [3.63, 3.8) is 0 Å². The van der Waals surface area contributed by atoms with E-state index in [0.717, 1.165) is 66.7 Å². The molecule has 1 aliphatic carbocycles. The number of phenolic OH excluding ortho intramolecular Hbond substituents is 1. The molecule has 7 rings (SSSR count). The summed E-state index contributed by atoms with van der Waals surface area (Å²) in [4.78, 5) is 31.9. The largest absolute Gasteiger partial charge is 0.508 e. The van der Waals surface area contributed by atoms with Crippen molar-refractivity contribution in [3.8, 4) is 5.75 Å². The number of piperidine rings is 1. The van der Waals surface area contributed by atoms with Crippen LogP contribution in [-0.2, 0) is 20.9 Å². The molecule has 46 heavy (non-hydrogen) atoms. The van der Waals surface area contributed by atoms with Crippen molar-refractivity contribution in [3.05, 3.63) is 113 Å². The van der Waals surface area contributed by atoms with Crippen molar-refractivity contribution in [2.75, 3.05) is 26.3 Å². The lowest BCUT2D eigenvalue weighted by molar-refractivity contribution is -0.144. The molecule has 4 aliphatic rings. The van der Waals surface area contributed by atoms with Crippen molar-refractivity contribution >= 4 is 23.5 Å². The number of rotatable bonds is 9. The second kappa shape index (κ2) is 13.4. The lowest BCUT2D eigenvalue weighted by Gasteiger charge is -2.36. The maximum absolute atomic E-state index is 14.1. The molecule has 0 bridgehead atoms. The van der Waals surface area contributed by atoms with Crippen LogP contribution in [0.5, 0.6) is 5.75 Å². The molecular formula is C39H42N2O5. The summed E-state index contributed by atoms with van der Waals surface area (Å²) in [6, 6.07) is 27.8. The fraction of sp³-hybridized carbons (Fsp3) is 0.385. The number of carbonyl (C=O) groups is 2. The van der Waals surface area contributed by atoms with Crippen LogP contribution in [0, 0.1) is 17.8 Å². The molecule has 3 aromatic carbocycles. The Morgan fingerprint density at radius 1 is 0.870 bits per heavy atom. The number of imide groups is 1. The smallest absolute Gasteiger partial charge is 0.234 e. The van der Waals surface area contributed by atoms with E-state index in [1.807, 2.05) is 36.4 Å². The van der Waals surface area contributed by atoms with Gasteiger partial charge in [0.1, 0.15) is 5.75 Å². The zero-order chi connectivity index (χ0) is 31.6. The molecule has 3 aliphatic heterocycles. The van der Waals surface area contributed by atoms with E-state index in [-0.39, 0.29) is 42.2 Å². The van der Waals surface area contributed by atoms with Crippen LogP contribution in [0.15, 0.2) is 96.1 Å². The Hall–Kier alpha value is -4.04. The van der Waals surface area contributed by atoms with Gasteiger partial charge in [0.2, 0.25) is 11.8 Å². The number of allylic oxidation sites excluding steroid dienone is 1. The van der Waals surface area contributed by atoms with Gasteiger partial charge in [-0.25, -0.2) is 0 Å². The minimum Gasteiger partial charge on any atom is -0.508 e. The van der Waals surface area contributed by atoms with E-state index >= 15 is 0 Å².